The second kappa shape index (κ2) is 8.69. The molecule has 0 heterocycles. The Labute approximate surface area is 133 Å². The Kier molecular flexibility index (Phi) is 7.25. The van der Waals surface area contributed by atoms with E-state index in [1.807, 2.05) is 6.92 Å². The minimum absolute atomic E-state index is 0.210. The van der Waals surface area contributed by atoms with Gasteiger partial charge in [-0.25, -0.2) is 0 Å². The molecule has 0 bridgehead atoms. The fourth-order valence-electron chi connectivity index (χ4n) is 1.59. The number of hydrogen-bond donors (Lipinski definition) is 1. The van der Waals surface area contributed by atoms with E-state index in [1.165, 1.54) is 14.2 Å². The molecule has 0 fully saturated rings. The topological polar surface area (TPSA) is 56.8 Å². The minimum Gasteiger partial charge on any atom is -0.495 e. The van der Waals surface area contributed by atoms with Crippen molar-refractivity contribution in [1.82, 2.24) is 5.32 Å². The normalized spacial score (nSPS) is 10.1. The molecule has 6 heteroatoms. The van der Waals surface area contributed by atoms with Gasteiger partial charge in [-0.05, 0) is 35.0 Å². The van der Waals surface area contributed by atoms with Crippen LogP contribution in [0.2, 0.25) is 0 Å². The maximum atomic E-state index is 12.1. The zero-order valence-electron chi connectivity index (χ0n) is 12.5. The van der Waals surface area contributed by atoms with E-state index in [1.54, 1.807) is 12.1 Å². The number of nitrogens with one attached hydrogen (secondary N) is 1. The van der Waals surface area contributed by atoms with Crippen LogP contribution >= 0.6 is 15.9 Å². The number of hydrogen-bond acceptors (Lipinski definition) is 4. The summed E-state index contributed by atoms with van der Waals surface area (Å²) in [5.74, 6) is 0.870. The molecular weight excluding hydrogens is 338 g/mol. The highest BCUT2D eigenvalue weighted by atomic mass is 79.9. The first-order valence-corrected chi connectivity index (χ1v) is 7.20. The SMILES string of the molecule is C=C(C)COCCNC(=O)c1cc(OC)c(Br)c(OC)c1. The lowest BCUT2D eigenvalue weighted by Crippen LogP contribution is -2.27. The number of amides is 1. The van der Waals surface area contributed by atoms with E-state index in [4.69, 9.17) is 14.2 Å². The molecule has 116 valence electrons. The molecule has 0 saturated heterocycles. The van der Waals surface area contributed by atoms with E-state index in [0.29, 0.717) is 41.3 Å². The molecule has 1 aromatic carbocycles. The molecular formula is C15H20BrNO4. The molecule has 5 nitrogen and oxygen atoms in total. The molecule has 0 radical (unpaired) electrons. The molecule has 1 N–H and O–H groups in total. The number of rotatable bonds is 8. The highest BCUT2D eigenvalue weighted by molar-refractivity contribution is 9.10. The van der Waals surface area contributed by atoms with Crippen molar-refractivity contribution in [2.24, 2.45) is 0 Å². The molecule has 0 aliphatic rings. The Bertz CT molecular complexity index is 491. The summed E-state index contributed by atoms with van der Waals surface area (Å²) in [5, 5.41) is 2.77. The van der Waals surface area contributed by atoms with Crippen molar-refractivity contribution >= 4 is 21.8 Å². The molecule has 0 saturated carbocycles. The number of halogens is 1. The second-order valence-corrected chi connectivity index (χ2v) is 5.25. The molecule has 0 aliphatic carbocycles. The van der Waals surface area contributed by atoms with E-state index in [-0.39, 0.29) is 5.91 Å². The van der Waals surface area contributed by atoms with E-state index < -0.39 is 0 Å². The largest absolute Gasteiger partial charge is 0.495 e. The summed E-state index contributed by atoms with van der Waals surface area (Å²) in [6.07, 6.45) is 0. The Morgan fingerprint density at radius 1 is 1.29 bits per heavy atom. The first kappa shape index (κ1) is 17.5. The summed E-state index contributed by atoms with van der Waals surface area (Å²) in [6.45, 7) is 6.98. The van der Waals surface area contributed by atoms with Crippen LogP contribution < -0.4 is 14.8 Å². The van der Waals surface area contributed by atoms with Crippen LogP contribution in [0.4, 0.5) is 0 Å². The Morgan fingerprint density at radius 2 is 1.86 bits per heavy atom. The van der Waals surface area contributed by atoms with Crippen LogP contribution in [-0.2, 0) is 4.74 Å². The van der Waals surface area contributed by atoms with Crippen LogP contribution in [0.25, 0.3) is 0 Å². The summed E-state index contributed by atoms with van der Waals surface area (Å²) >= 11 is 3.36. The van der Waals surface area contributed by atoms with Crippen LogP contribution in [0.3, 0.4) is 0 Å². The summed E-state index contributed by atoms with van der Waals surface area (Å²) in [7, 11) is 3.07. The Balaban J connectivity index is 2.63. The summed E-state index contributed by atoms with van der Waals surface area (Å²) in [4.78, 5) is 12.1. The van der Waals surface area contributed by atoms with Gasteiger partial charge in [0.05, 0.1) is 27.4 Å². The fourth-order valence-corrected chi connectivity index (χ4v) is 2.14. The predicted molar refractivity (Wildman–Crippen MR) is 85.2 cm³/mol. The van der Waals surface area contributed by atoms with Gasteiger partial charge in [-0.15, -0.1) is 0 Å². The lowest BCUT2D eigenvalue weighted by atomic mass is 10.2. The number of ether oxygens (including phenoxy) is 3. The van der Waals surface area contributed by atoms with Gasteiger partial charge in [0.25, 0.3) is 5.91 Å². The predicted octanol–water partition coefficient (Wildman–Crippen LogP) is 2.79. The van der Waals surface area contributed by atoms with Crippen molar-refractivity contribution in [2.45, 2.75) is 6.92 Å². The molecule has 0 unspecified atom stereocenters. The van der Waals surface area contributed by atoms with Crippen LogP contribution in [0.1, 0.15) is 17.3 Å². The number of carbonyl (C=O) groups excluding carboxylic acids is 1. The quantitative estimate of drug-likeness (QED) is 0.574. The zero-order chi connectivity index (χ0) is 15.8. The van der Waals surface area contributed by atoms with E-state index >= 15 is 0 Å². The van der Waals surface area contributed by atoms with Gasteiger partial charge >= 0.3 is 0 Å². The molecule has 0 aliphatic heterocycles. The first-order chi connectivity index (χ1) is 9.99. The van der Waals surface area contributed by atoms with Gasteiger partial charge in [0.15, 0.2) is 0 Å². The van der Waals surface area contributed by atoms with Gasteiger partial charge in [0.1, 0.15) is 16.0 Å². The summed E-state index contributed by atoms with van der Waals surface area (Å²) in [5.41, 5.74) is 1.41. The molecule has 1 amide bonds. The average molecular weight is 358 g/mol. The Hall–Kier alpha value is -1.53. The van der Waals surface area contributed by atoms with E-state index in [2.05, 4.69) is 27.8 Å². The van der Waals surface area contributed by atoms with Crippen molar-refractivity contribution in [3.05, 3.63) is 34.3 Å². The maximum absolute atomic E-state index is 12.1. The fraction of sp³-hybridized carbons (Fsp3) is 0.400. The second-order valence-electron chi connectivity index (χ2n) is 4.46. The summed E-state index contributed by atoms with van der Waals surface area (Å²) in [6, 6.07) is 3.30. The molecule has 0 aromatic heterocycles. The van der Waals surface area contributed by atoms with Crippen LogP contribution in [0, 0.1) is 0 Å². The van der Waals surface area contributed by atoms with Gasteiger partial charge in [0, 0.05) is 12.1 Å². The maximum Gasteiger partial charge on any atom is 0.251 e. The van der Waals surface area contributed by atoms with Gasteiger partial charge in [-0.1, -0.05) is 12.2 Å². The van der Waals surface area contributed by atoms with E-state index in [0.717, 1.165) is 5.57 Å². The van der Waals surface area contributed by atoms with Gasteiger partial charge in [0.2, 0.25) is 0 Å². The van der Waals surface area contributed by atoms with Crippen LogP contribution in [-0.4, -0.2) is 39.9 Å². The summed E-state index contributed by atoms with van der Waals surface area (Å²) < 4.78 is 16.4. The third-order valence-corrected chi connectivity index (χ3v) is 3.37. The minimum atomic E-state index is -0.210. The Morgan fingerprint density at radius 3 is 2.33 bits per heavy atom. The molecule has 1 aromatic rings. The van der Waals surface area contributed by atoms with Crippen molar-refractivity contribution in [1.29, 1.82) is 0 Å². The molecule has 21 heavy (non-hydrogen) atoms. The van der Waals surface area contributed by atoms with Crippen LogP contribution in [0.5, 0.6) is 11.5 Å². The third kappa shape index (κ3) is 5.40. The lowest BCUT2D eigenvalue weighted by molar-refractivity contribution is 0.0926. The lowest BCUT2D eigenvalue weighted by Gasteiger charge is -2.12. The highest BCUT2D eigenvalue weighted by Gasteiger charge is 2.14. The molecule has 0 atom stereocenters. The highest BCUT2D eigenvalue weighted by Crippen LogP contribution is 2.35. The van der Waals surface area contributed by atoms with Gasteiger partial charge < -0.3 is 19.5 Å². The first-order valence-electron chi connectivity index (χ1n) is 6.41. The van der Waals surface area contributed by atoms with Crippen molar-refractivity contribution in [3.8, 4) is 11.5 Å². The molecule has 1 rings (SSSR count). The van der Waals surface area contributed by atoms with E-state index in [9.17, 15) is 4.79 Å². The monoisotopic (exact) mass is 357 g/mol. The van der Waals surface area contributed by atoms with Gasteiger partial charge in [-0.3, -0.25) is 4.79 Å². The smallest absolute Gasteiger partial charge is 0.251 e. The van der Waals surface area contributed by atoms with Crippen molar-refractivity contribution in [2.75, 3.05) is 34.0 Å². The van der Waals surface area contributed by atoms with Crippen molar-refractivity contribution in [3.63, 3.8) is 0 Å². The van der Waals surface area contributed by atoms with Gasteiger partial charge in [-0.2, -0.15) is 0 Å². The number of benzene rings is 1. The standard InChI is InChI=1S/C15H20BrNO4/c1-10(2)9-21-6-5-17-15(18)11-7-12(19-3)14(16)13(8-11)20-4/h7-8H,1,5-6,9H2,2-4H3,(H,17,18). The van der Waals surface area contributed by atoms with Crippen molar-refractivity contribution < 1.29 is 19.0 Å². The van der Waals surface area contributed by atoms with Crippen LogP contribution in [0.15, 0.2) is 28.8 Å². The molecule has 0 spiro atoms. The zero-order valence-corrected chi connectivity index (χ0v) is 14.1. The third-order valence-electron chi connectivity index (χ3n) is 2.59. The number of carbonyl (C=O) groups is 1. The number of methoxy groups -OCH3 is 2. The average Bonchev–Trinajstić information content (AvgIpc) is 2.46.